The maximum atomic E-state index is 12.4. The molecular formula is C19H19Cl2NO4. The van der Waals surface area contributed by atoms with E-state index in [1.165, 1.54) is 0 Å². The molecule has 0 saturated heterocycles. The molecule has 0 saturated carbocycles. The van der Waals surface area contributed by atoms with Crippen molar-refractivity contribution in [3.05, 3.63) is 52.0 Å². The van der Waals surface area contributed by atoms with Gasteiger partial charge in [-0.05, 0) is 43.7 Å². The Kier molecular flexibility index (Phi) is 7.30. The Morgan fingerprint density at radius 1 is 1.23 bits per heavy atom. The minimum atomic E-state index is -0.870. The molecule has 2 aromatic rings. The predicted octanol–water partition coefficient (Wildman–Crippen LogP) is 5.00. The van der Waals surface area contributed by atoms with Crippen LogP contribution in [0.2, 0.25) is 10.0 Å². The number of halogens is 2. The number of hydrogen-bond donors (Lipinski definition) is 1. The maximum Gasteiger partial charge on any atom is 0.265 e. The minimum absolute atomic E-state index is 0.272. The van der Waals surface area contributed by atoms with E-state index in [1.807, 2.05) is 6.92 Å². The molecule has 0 aromatic heterocycles. The van der Waals surface area contributed by atoms with Gasteiger partial charge in [-0.1, -0.05) is 30.1 Å². The van der Waals surface area contributed by atoms with Gasteiger partial charge in [0.25, 0.3) is 5.91 Å². The van der Waals surface area contributed by atoms with Crippen LogP contribution in [0.1, 0.15) is 30.6 Å². The van der Waals surface area contributed by atoms with Crippen molar-refractivity contribution in [2.45, 2.75) is 26.4 Å². The predicted molar refractivity (Wildman–Crippen MR) is 103 cm³/mol. The summed E-state index contributed by atoms with van der Waals surface area (Å²) in [6, 6.07) is 9.62. The summed E-state index contributed by atoms with van der Waals surface area (Å²) < 4.78 is 11.2. The third kappa shape index (κ3) is 5.38. The van der Waals surface area contributed by atoms with Gasteiger partial charge >= 0.3 is 0 Å². The maximum absolute atomic E-state index is 12.4. The van der Waals surface area contributed by atoms with Gasteiger partial charge in [0.15, 0.2) is 12.4 Å². The second-order valence-corrected chi connectivity index (χ2v) is 6.38. The highest BCUT2D eigenvalue weighted by Gasteiger charge is 2.18. The van der Waals surface area contributed by atoms with Gasteiger partial charge in [0, 0.05) is 11.1 Å². The summed E-state index contributed by atoms with van der Waals surface area (Å²) in [5.74, 6) is 0.414. The molecule has 0 spiro atoms. The molecule has 0 aliphatic heterocycles. The first-order valence-electron chi connectivity index (χ1n) is 8.09. The second-order valence-electron chi connectivity index (χ2n) is 5.54. The fourth-order valence-corrected chi connectivity index (χ4v) is 2.43. The van der Waals surface area contributed by atoms with Crippen molar-refractivity contribution in [1.82, 2.24) is 0 Å². The van der Waals surface area contributed by atoms with Crippen molar-refractivity contribution in [2.24, 2.45) is 0 Å². The molecule has 1 N–H and O–H groups in total. The molecular weight excluding hydrogens is 377 g/mol. The lowest BCUT2D eigenvalue weighted by Gasteiger charge is -2.17. The summed E-state index contributed by atoms with van der Waals surface area (Å²) in [6.45, 7) is 4.11. The fourth-order valence-electron chi connectivity index (χ4n) is 2.10. The standard InChI is InChI=1S/C19H19Cl2NO4/c1-3-8-25-15-6-4-13(11-23)18(10-15)26-12(2)19(24)22-17-9-14(20)5-7-16(17)21/h4-7,9-12H,3,8H2,1-2H3,(H,22,24)/t12-/m0/s1. The normalized spacial score (nSPS) is 11.5. The highest BCUT2D eigenvalue weighted by atomic mass is 35.5. The molecule has 0 aliphatic rings. The Morgan fingerprint density at radius 3 is 2.69 bits per heavy atom. The zero-order chi connectivity index (χ0) is 19.1. The smallest absolute Gasteiger partial charge is 0.265 e. The number of anilines is 1. The van der Waals surface area contributed by atoms with E-state index in [1.54, 1.807) is 43.3 Å². The van der Waals surface area contributed by atoms with Crippen molar-refractivity contribution in [1.29, 1.82) is 0 Å². The Morgan fingerprint density at radius 2 is 2.00 bits per heavy atom. The third-order valence-electron chi connectivity index (χ3n) is 3.44. The molecule has 0 radical (unpaired) electrons. The number of ether oxygens (including phenoxy) is 2. The van der Waals surface area contributed by atoms with Crippen LogP contribution in [0.15, 0.2) is 36.4 Å². The van der Waals surface area contributed by atoms with Crippen molar-refractivity contribution in [3.63, 3.8) is 0 Å². The molecule has 0 aliphatic carbocycles. The molecule has 2 aromatic carbocycles. The molecule has 5 nitrogen and oxygen atoms in total. The van der Waals surface area contributed by atoms with Crippen LogP contribution in [0.5, 0.6) is 11.5 Å². The van der Waals surface area contributed by atoms with Crippen molar-refractivity contribution < 1.29 is 19.1 Å². The summed E-state index contributed by atoms with van der Waals surface area (Å²) in [7, 11) is 0. The van der Waals surface area contributed by atoms with Gasteiger partial charge in [-0.3, -0.25) is 9.59 Å². The van der Waals surface area contributed by atoms with Crippen LogP contribution in [-0.2, 0) is 4.79 Å². The molecule has 0 fully saturated rings. The van der Waals surface area contributed by atoms with Gasteiger partial charge < -0.3 is 14.8 Å². The molecule has 0 heterocycles. The molecule has 0 bridgehead atoms. The van der Waals surface area contributed by atoms with E-state index in [-0.39, 0.29) is 5.75 Å². The zero-order valence-electron chi connectivity index (χ0n) is 14.4. The lowest BCUT2D eigenvalue weighted by atomic mass is 10.2. The monoisotopic (exact) mass is 395 g/mol. The molecule has 0 unspecified atom stereocenters. The van der Waals surface area contributed by atoms with E-state index in [4.69, 9.17) is 32.7 Å². The van der Waals surface area contributed by atoms with Gasteiger partial charge in [0.1, 0.15) is 11.5 Å². The highest BCUT2D eigenvalue weighted by Crippen LogP contribution is 2.27. The summed E-state index contributed by atoms with van der Waals surface area (Å²) in [6.07, 6.45) is 0.646. The lowest BCUT2D eigenvalue weighted by Crippen LogP contribution is -2.30. The number of nitrogens with one attached hydrogen (secondary N) is 1. The topological polar surface area (TPSA) is 64.6 Å². The number of benzene rings is 2. The van der Waals surface area contributed by atoms with Crippen LogP contribution < -0.4 is 14.8 Å². The lowest BCUT2D eigenvalue weighted by molar-refractivity contribution is -0.122. The Bertz CT molecular complexity index is 795. The quantitative estimate of drug-likeness (QED) is 0.638. The van der Waals surface area contributed by atoms with E-state index in [0.29, 0.717) is 39.9 Å². The Balaban J connectivity index is 2.12. The SMILES string of the molecule is CCCOc1ccc(C=O)c(O[C@@H](C)C(=O)Nc2cc(Cl)ccc2Cl)c1. The van der Waals surface area contributed by atoms with Crippen LogP contribution in [0.25, 0.3) is 0 Å². The summed E-state index contributed by atoms with van der Waals surface area (Å²) in [4.78, 5) is 23.6. The number of aldehydes is 1. The fraction of sp³-hybridized carbons (Fsp3) is 0.263. The molecule has 1 amide bonds. The van der Waals surface area contributed by atoms with Gasteiger partial charge in [-0.15, -0.1) is 0 Å². The van der Waals surface area contributed by atoms with E-state index in [0.717, 1.165) is 6.42 Å². The van der Waals surface area contributed by atoms with Gasteiger partial charge in [-0.25, -0.2) is 0 Å². The van der Waals surface area contributed by atoms with E-state index >= 15 is 0 Å². The minimum Gasteiger partial charge on any atom is -0.493 e. The van der Waals surface area contributed by atoms with Crippen LogP contribution in [0, 0.1) is 0 Å². The van der Waals surface area contributed by atoms with Crippen LogP contribution >= 0.6 is 23.2 Å². The first kappa shape index (κ1) is 20.1. The van der Waals surface area contributed by atoms with E-state index in [9.17, 15) is 9.59 Å². The number of carbonyl (C=O) groups excluding carboxylic acids is 2. The third-order valence-corrected chi connectivity index (χ3v) is 4.01. The number of hydrogen-bond acceptors (Lipinski definition) is 4. The number of amides is 1. The Hall–Kier alpha value is -2.24. The van der Waals surface area contributed by atoms with Crippen molar-refractivity contribution in [2.75, 3.05) is 11.9 Å². The molecule has 1 atom stereocenters. The van der Waals surface area contributed by atoms with Crippen LogP contribution in [0.3, 0.4) is 0 Å². The van der Waals surface area contributed by atoms with Gasteiger partial charge in [0.2, 0.25) is 0 Å². The molecule has 138 valence electrons. The summed E-state index contributed by atoms with van der Waals surface area (Å²) in [5, 5.41) is 3.46. The highest BCUT2D eigenvalue weighted by molar-refractivity contribution is 6.35. The average molecular weight is 396 g/mol. The average Bonchev–Trinajstić information content (AvgIpc) is 2.63. The van der Waals surface area contributed by atoms with Crippen LogP contribution in [-0.4, -0.2) is 24.9 Å². The second kappa shape index (κ2) is 9.46. The first-order valence-corrected chi connectivity index (χ1v) is 8.84. The van der Waals surface area contributed by atoms with Crippen molar-refractivity contribution in [3.8, 4) is 11.5 Å². The van der Waals surface area contributed by atoms with E-state index < -0.39 is 12.0 Å². The molecule has 2 rings (SSSR count). The summed E-state index contributed by atoms with van der Waals surface area (Å²) >= 11 is 12.0. The number of rotatable bonds is 8. The van der Waals surface area contributed by atoms with Crippen LogP contribution in [0.4, 0.5) is 5.69 Å². The molecule has 26 heavy (non-hydrogen) atoms. The van der Waals surface area contributed by atoms with Crippen molar-refractivity contribution >= 4 is 41.1 Å². The summed E-state index contributed by atoms with van der Waals surface area (Å²) in [5.41, 5.74) is 0.713. The molecule has 7 heteroatoms. The largest absolute Gasteiger partial charge is 0.493 e. The van der Waals surface area contributed by atoms with Gasteiger partial charge in [0.05, 0.1) is 22.9 Å². The number of carbonyl (C=O) groups is 2. The zero-order valence-corrected chi connectivity index (χ0v) is 15.9. The van der Waals surface area contributed by atoms with Gasteiger partial charge in [-0.2, -0.15) is 0 Å². The first-order chi connectivity index (χ1) is 12.4. The Labute approximate surface area is 162 Å². The van der Waals surface area contributed by atoms with E-state index in [2.05, 4.69) is 5.32 Å².